The van der Waals surface area contributed by atoms with Gasteiger partial charge in [-0.2, -0.15) is 5.26 Å². The summed E-state index contributed by atoms with van der Waals surface area (Å²) in [5, 5.41) is 9.99. The van der Waals surface area contributed by atoms with Crippen molar-refractivity contribution in [2.45, 2.75) is 22.5 Å². The third-order valence-corrected chi connectivity index (χ3v) is 8.44. The van der Waals surface area contributed by atoms with Crippen LogP contribution in [0.15, 0.2) is 101 Å². The number of nitriles is 1. The number of allylic oxidation sites excluding steroid dienone is 3. The molecule has 3 aliphatic rings. The van der Waals surface area contributed by atoms with E-state index in [9.17, 15) is 5.26 Å². The van der Waals surface area contributed by atoms with E-state index in [4.69, 9.17) is 0 Å². The highest BCUT2D eigenvalue weighted by molar-refractivity contribution is 8.00. The Morgan fingerprint density at radius 1 is 0.828 bits per heavy atom. The molecule has 0 N–H and O–H groups in total. The van der Waals surface area contributed by atoms with Crippen LogP contribution in [0.3, 0.4) is 0 Å². The third kappa shape index (κ3) is 1.92. The molecule has 2 heteroatoms. The van der Waals surface area contributed by atoms with Gasteiger partial charge in [0.05, 0.1) is 11.5 Å². The van der Waals surface area contributed by atoms with E-state index < -0.39 is 0 Å². The summed E-state index contributed by atoms with van der Waals surface area (Å²) in [4.78, 5) is 1.33. The lowest BCUT2D eigenvalue weighted by molar-refractivity contribution is 0.290. The first-order valence-electron chi connectivity index (χ1n) is 9.97. The minimum absolute atomic E-state index is 0.255. The van der Waals surface area contributed by atoms with Gasteiger partial charge in [0, 0.05) is 21.1 Å². The fraction of sp³-hybridized carbons (Fsp3) is 0.148. The molecule has 6 rings (SSSR count). The lowest BCUT2D eigenvalue weighted by atomic mass is 9.53. The fourth-order valence-electron chi connectivity index (χ4n) is 5.81. The number of thioether (sulfide) groups is 1. The van der Waals surface area contributed by atoms with E-state index in [0.717, 1.165) is 5.57 Å². The predicted molar refractivity (Wildman–Crippen MR) is 119 cm³/mol. The van der Waals surface area contributed by atoms with Gasteiger partial charge in [0.1, 0.15) is 0 Å². The fourth-order valence-corrected chi connectivity index (χ4v) is 7.23. The molecule has 0 amide bonds. The summed E-state index contributed by atoms with van der Waals surface area (Å²) in [5.74, 6) is 0. The molecule has 0 fully saturated rings. The van der Waals surface area contributed by atoms with Crippen LogP contribution in [0, 0.1) is 16.7 Å². The molecule has 1 spiro atoms. The number of hydrogen-bond donors (Lipinski definition) is 0. The average molecular weight is 390 g/mol. The molecule has 0 saturated carbocycles. The van der Waals surface area contributed by atoms with Crippen LogP contribution in [-0.4, -0.2) is 5.25 Å². The van der Waals surface area contributed by atoms with Gasteiger partial charge in [-0.05, 0) is 40.0 Å². The lowest BCUT2D eigenvalue weighted by Crippen LogP contribution is -2.52. The van der Waals surface area contributed by atoms with E-state index in [-0.39, 0.29) is 16.1 Å². The number of rotatable bonds is 0. The van der Waals surface area contributed by atoms with Crippen LogP contribution in [0.5, 0.6) is 0 Å². The maximum Gasteiger partial charge on any atom is 0.0988 e. The monoisotopic (exact) mass is 389 g/mol. The SMILES string of the molecule is CC12C=C(C#N)C=CC1Sc1ccccc1C21c2ccccc2-c2ccccc21. The molecular weight excluding hydrogens is 370 g/mol. The van der Waals surface area contributed by atoms with E-state index in [1.54, 1.807) is 0 Å². The highest BCUT2D eigenvalue weighted by Gasteiger charge is 2.61. The van der Waals surface area contributed by atoms with Crippen molar-refractivity contribution in [2.75, 3.05) is 0 Å². The van der Waals surface area contributed by atoms with Gasteiger partial charge in [-0.15, -0.1) is 11.8 Å². The minimum atomic E-state index is -0.320. The molecule has 0 saturated heterocycles. The maximum atomic E-state index is 9.74. The zero-order valence-corrected chi connectivity index (χ0v) is 16.9. The Morgan fingerprint density at radius 3 is 2.07 bits per heavy atom. The average Bonchev–Trinajstić information content (AvgIpc) is 3.07. The van der Waals surface area contributed by atoms with Crippen LogP contribution in [0.25, 0.3) is 11.1 Å². The standard InChI is InChI=1S/C27H19NS/c1-26-16-18(17-28)14-15-25(26)29-24-13-7-6-12-23(24)27(26)21-10-4-2-8-19(21)20-9-3-5-11-22(20)27/h2-16,25H,1H3. The van der Waals surface area contributed by atoms with Crippen molar-refractivity contribution < 1.29 is 0 Å². The highest BCUT2D eigenvalue weighted by atomic mass is 32.2. The minimum Gasteiger partial charge on any atom is -0.192 e. The van der Waals surface area contributed by atoms with E-state index in [1.165, 1.54) is 32.7 Å². The van der Waals surface area contributed by atoms with Crippen molar-refractivity contribution in [1.82, 2.24) is 0 Å². The molecule has 0 aromatic heterocycles. The van der Waals surface area contributed by atoms with Crippen LogP contribution >= 0.6 is 11.8 Å². The molecule has 3 aromatic carbocycles. The molecule has 29 heavy (non-hydrogen) atoms. The second-order valence-electron chi connectivity index (χ2n) is 8.23. The summed E-state index contributed by atoms with van der Waals surface area (Å²) < 4.78 is 0. The summed E-state index contributed by atoms with van der Waals surface area (Å²) in [6, 6.07) is 28.9. The molecule has 1 nitrogen and oxygen atoms in total. The van der Waals surface area contributed by atoms with Gasteiger partial charge < -0.3 is 0 Å². The molecule has 2 atom stereocenters. The smallest absolute Gasteiger partial charge is 0.0988 e. The van der Waals surface area contributed by atoms with Gasteiger partial charge in [-0.1, -0.05) is 85.8 Å². The van der Waals surface area contributed by atoms with E-state index >= 15 is 0 Å². The Labute approximate surface area is 175 Å². The molecule has 3 aromatic rings. The van der Waals surface area contributed by atoms with Crippen molar-refractivity contribution in [3.05, 3.63) is 113 Å². The van der Waals surface area contributed by atoms with Gasteiger partial charge in [0.15, 0.2) is 0 Å². The van der Waals surface area contributed by atoms with Crippen molar-refractivity contribution in [3.8, 4) is 17.2 Å². The van der Waals surface area contributed by atoms with Gasteiger partial charge >= 0.3 is 0 Å². The molecule has 0 radical (unpaired) electrons. The second-order valence-corrected chi connectivity index (χ2v) is 9.41. The Bertz CT molecular complexity index is 1230. The Kier molecular flexibility index (Phi) is 3.35. The third-order valence-electron chi connectivity index (χ3n) is 6.93. The Morgan fingerprint density at radius 2 is 1.41 bits per heavy atom. The van der Waals surface area contributed by atoms with Crippen LogP contribution in [-0.2, 0) is 5.41 Å². The quantitative estimate of drug-likeness (QED) is 0.438. The van der Waals surface area contributed by atoms with Crippen LogP contribution in [0.2, 0.25) is 0 Å². The van der Waals surface area contributed by atoms with Crippen molar-refractivity contribution >= 4 is 11.8 Å². The maximum absolute atomic E-state index is 9.74. The van der Waals surface area contributed by atoms with Gasteiger partial charge in [-0.3, -0.25) is 0 Å². The number of fused-ring (bicyclic) bond motifs is 9. The zero-order valence-electron chi connectivity index (χ0n) is 16.1. The summed E-state index contributed by atoms with van der Waals surface area (Å²) >= 11 is 1.92. The first-order chi connectivity index (χ1) is 14.2. The molecule has 2 unspecified atom stereocenters. The first kappa shape index (κ1) is 16.9. The van der Waals surface area contributed by atoms with E-state index in [1.807, 2.05) is 17.8 Å². The summed E-state index contributed by atoms with van der Waals surface area (Å²) in [6.45, 7) is 2.35. The molecular formula is C27H19NS. The molecule has 1 aliphatic heterocycles. The molecule has 2 aliphatic carbocycles. The zero-order chi connectivity index (χ0) is 19.6. The van der Waals surface area contributed by atoms with Crippen molar-refractivity contribution in [3.63, 3.8) is 0 Å². The highest BCUT2D eigenvalue weighted by Crippen LogP contribution is 2.68. The number of hydrogen-bond acceptors (Lipinski definition) is 2. The normalized spacial score (nSPS) is 24.7. The van der Waals surface area contributed by atoms with E-state index in [2.05, 4.69) is 97.9 Å². The second kappa shape index (κ2) is 5.75. The largest absolute Gasteiger partial charge is 0.192 e. The molecule has 0 bridgehead atoms. The van der Waals surface area contributed by atoms with Gasteiger partial charge in [0.25, 0.3) is 0 Å². The Balaban J connectivity index is 1.83. The lowest BCUT2D eigenvalue weighted by Gasteiger charge is -2.55. The molecule has 1 heterocycles. The Hall–Kier alpha value is -3.02. The summed E-state index contributed by atoms with van der Waals surface area (Å²) in [7, 11) is 0. The van der Waals surface area contributed by atoms with Gasteiger partial charge in [-0.25, -0.2) is 0 Å². The summed E-state index contributed by atoms with van der Waals surface area (Å²) in [6.07, 6.45) is 6.47. The number of benzene rings is 3. The van der Waals surface area contributed by atoms with Gasteiger partial charge in [0.2, 0.25) is 0 Å². The predicted octanol–water partition coefficient (Wildman–Crippen LogP) is 6.50. The topological polar surface area (TPSA) is 23.8 Å². The van der Waals surface area contributed by atoms with Crippen LogP contribution in [0.1, 0.15) is 23.6 Å². The van der Waals surface area contributed by atoms with Crippen molar-refractivity contribution in [2.24, 2.45) is 5.41 Å². The van der Waals surface area contributed by atoms with Crippen LogP contribution in [0.4, 0.5) is 0 Å². The number of nitrogens with zero attached hydrogens (tertiary/aromatic N) is 1. The van der Waals surface area contributed by atoms with Crippen LogP contribution < -0.4 is 0 Å². The van der Waals surface area contributed by atoms with E-state index in [0.29, 0.717) is 0 Å². The molecule has 138 valence electrons. The van der Waals surface area contributed by atoms with Crippen molar-refractivity contribution in [1.29, 1.82) is 5.26 Å². The summed E-state index contributed by atoms with van der Waals surface area (Å²) in [5.41, 5.74) is 6.86. The first-order valence-corrected chi connectivity index (χ1v) is 10.8.